The van der Waals surface area contributed by atoms with E-state index < -0.39 is 17.2 Å². The van der Waals surface area contributed by atoms with E-state index in [2.05, 4.69) is 20.3 Å². The van der Waals surface area contributed by atoms with E-state index in [4.69, 9.17) is 4.42 Å². The van der Waals surface area contributed by atoms with Crippen LogP contribution in [0.4, 0.5) is 11.4 Å². The van der Waals surface area contributed by atoms with Gasteiger partial charge in [0.2, 0.25) is 5.13 Å². The molecule has 0 radical (unpaired) electrons. The Bertz CT molecular complexity index is 1490. The summed E-state index contributed by atoms with van der Waals surface area (Å²) in [5.74, 6) is -1.19. The van der Waals surface area contributed by atoms with Gasteiger partial charge in [-0.1, -0.05) is 12.1 Å². The Balaban J connectivity index is 1.72. The minimum Gasteiger partial charge on any atom is -0.507 e. The van der Waals surface area contributed by atoms with E-state index in [1.807, 2.05) is 0 Å². The molecule has 12 heteroatoms. The lowest BCUT2D eigenvalue weighted by atomic mass is 10.2. The van der Waals surface area contributed by atoms with Crippen molar-refractivity contribution in [2.45, 2.75) is 13.8 Å². The first kappa shape index (κ1) is 20.9. The van der Waals surface area contributed by atoms with Gasteiger partial charge in [0.15, 0.2) is 5.69 Å². The SMILES string of the molecule is Cc1cc(O)c(-c2csc(-n3[nH]c(C)c(N=Nc4ccccc4C(=O)O)c3=O)n2)c(=O)o1. The number of H-pyrrole nitrogens is 1. The number of carboxylic acids is 1. The van der Waals surface area contributed by atoms with Crippen LogP contribution in [0.1, 0.15) is 21.8 Å². The van der Waals surface area contributed by atoms with Gasteiger partial charge in [-0.2, -0.15) is 4.68 Å². The van der Waals surface area contributed by atoms with Crippen LogP contribution < -0.4 is 11.2 Å². The summed E-state index contributed by atoms with van der Waals surface area (Å²) in [6, 6.07) is 7.32. The Labute approximate surface area is 182 Å². The van der Waals surface area contributed by atoms with Gasteiger partial charge in [-0.15, -0.1) is 21.6 Å². The number of hydrogen-bond acceptors (Lipinski definition) is 9. The number of hydrogen-bond donors (Lipinski definition) is 3. The van der Waals surface area contributed by atoms with E-state index in [1.54, 1.807) is 19.1 Å². The molecule has 0 bridgehead atoms. The number of carboxylic acid groups (broad SMARTS) is 1. The van der Waals surface area contributed by atoms with Gasteiger partial charge in [-0.05, 0) is 26.0 Å². The predicted molar refractivity (Wildman–Crippen MR) is 115 cm³/mol. The van der Waals surface area contributed by atoms with Gasteiger partial charge in [-0.25, -0.2) is 14.6 Å². The molecule has 32 heavy (non-hydrogen) atoms. The molecule has 1 aromatic carbocycles. The molecule has 0 fully saturated rings. The molecule has 4 rings (SSSR count). The van der Waals surface area contributed by atoms with E-state index in [0.717, 1.165) is 16.0 Å². The lowest BCUT2D eigenvalue weighted by Crippen LogP contribution is -2.14. The van der Waals surface area contributed by atoms with Crippen molar-refractivity contribution < 1.29 is 19.4 Å². The number of aromatic hydroxyl groups is 1. The number of aryl methyl sites for hydroxylation is 2. The maximum atomic E-state index is 12.9. The van der Waals surface area contributed by atoms with Crippen LogP contribution in [0.3, 0.4) is 0 Å². The number of nitrogens with zero attached hydrogens (tertiary/aromatic N) is 4. The van der Waals surface area contributed by atoms with Gasteiger partial charge < -0.3 is 14.6 Å². The fourth-order valence-corrected chi connectivity index (χ4v) is 3.72. The normalized spacial score (nSPS) is 11.3. The van der Waals surface area contributed by atoms with E-state index in [9.17, 15) is 24.6 Å². The van der Waals surface area contributed by atoms with Crippen molar-refractivity contribution in [3.63, 3.8) is 0 Å². The molecule has 3 heterocycles. The second-order valence-corrected chi connectivity index (χ2v) is 7.50. The molecule has 0 atom stereocenters. The highest BCUT2D eigenvalue weighted by molar-refractivity contribution is 7.12. The number of aromatic nitrogens is 3. The summed E-state index contributed by atoms with van der Waals surface area (Å²) in [4.78, 5) is 40.5. The number of aromatic carboxylic acids is 1. The summed E-state index contributed by atoms with van der Waals surface area (Å²) in [7, 11) is 0. The summed E-state index contributed by atoms with van der Waals surface area (Å²) in [6.07, 6.45) is 0. The standard InChI is InChI=1S/C20H15N5O6S/c1-9-7-14(26)15(19(30)31-9)13-8-32-20(21-13)25-17(27)16(10(2)24-25)23-22-12-6-4-3-5-11(12)18(28)29/h3-8,24,26H,1-2H3,(H,28,29). The lowest BCUT2D eigenvalue weighted by Gasteiger charge is -2.00. The number of benzene rings is 1. The summed E-state index contributed by atoms with van der Waals surface area (Å²) >= 11 is 1.06. The second kappa shape index (κ2) is 8.07. The van der Waals surface area contributed by atoms with Gasteiger partial charge in [0.1, 0.15) is 22.8 Å². The lowest BCUT2D eigenvalue weighted by molar-refractivity contribution is 0.0697. The fourth-order valence-electron chi connectivity index (χ4n) is 2.95. The highest BCUT2D eigenvalue weighted by atomic mass is 32.1. The smallest absolute Gasteiger partial charge is 0.349 e. The Morgan fingerprint density at radius 3 is 2.69 bits per heavy atom. The Morgan fingerprint density at radius 2 is 1.97 bits per heavy atom. The van der Waals surface area contributed by atoms with Gasteiger partial charge in [0, 0.05) is 11.4 Å². The number of aromatic amines is 1. The molecule has 0 spiro atoms. The van der Waals surface area contributed by atoms with Crippen LogP contribution in [0.2, 0.25) is 0 Å². The number of thiazole rings is 1. The van der Waals surface area contributed by atoms with Crippen LogP contribution in [0.25, 0.3) is 16.4 Å². The molecule has 0 amide bonds. The molecule has 0 aliphatic rings. The molecule has 0 aliphatic carbocycles. The third-order valence-electron chi connectivity index (χ3n) is 4.43. The third kappa shape index (κ3) is 3.74. The molecule has 0 aliphatic heterocycles. The van der Waals surface area contributed by atoms with Gasteiger partial charge in [0.05, 0.1) is 17.0 Å². The maximum absolute atomic E-state index is 12.9. The molecule has 0 saturated carbocycles. The molecular weight excluding hydrogens is 438 g/mol. The molecule has 3 N–H and O–H groups in total. The van der Waals surface area contributed by atoms with Crippen molar-refractivity contribution in [1.82, 2.24) is 14.8 Å². The molecule has 11 nitrogen and oxygen atoms in total. The van der Waals surface area contributed by atoms with Gasteiger partial charge >= 0.3 is 17.2 Å². The van der Waals surface area contributed by atoms with Crippen molar-refractivity contribution in [2.24, 2.45) is 10.2 Å². The zero-order valence-electron chi connectivity index (χ0n) is 16.7. The highest BCUT2D eigenvalue weighted by Gasteiger charge is 2.19. The number of rotatable bonds is 5. The van der Waals surface area contributed by atoms with Crippen LogP contribution in [0.15, 0.2) is 59.9 Å². The first-order valence-electron chi connectivity index (χ1n) is 9.12. The van der Waals surface area contributed by atoms with Crippen molar-refractivity contribution in [3.05, 3.63) is 73.5 Å². The van der Waals surface area contributed by atoms with E-state index in [1.165, 1.54) is 30.5 Å². The fraction of sp³-hybridized carbons (Fsp3) is 0.100. The zero-order chi connectivity index (χ0) is 23.0. The van der Waals surface area contributed by atoms with Crippen molar-refractivity contribution in [1.29, 1.82) is 0 Å². The largest absolute Gasteiger partial charge is 0.507 e. The van der Waals surface area contributed by atoms with Gasteiger partial charge in [0.25, 0.3) is 0 Å². The van der Waals surface area contributed by atoms with Crippen molar-refractivity contribution in [2.75, 3.05) is 0 Å². The van der Waals surface area contributed by atoms with E-state index in [-0.39, 0.29) is 44.8 Å². The minimum absolute atomic E-state index is 0.0281. The Hall–Kier alpha value is -4.32. The summed E-state index contributed by atoms with van der Waals surface area (Å²) in [5, 5.41) is 31.7. The molecule has 0 saturated heterocycles. The average Bonchev–Trinajstić information content (AvgIpc) is 3.30. The first-order valence-corrected chi connectivity index (χ1v) is 10.00. The average molecular weight is 453 g/mol. The molecular formula is C20H15N5O6S. The summed E-state index contributed by atoms with van der Waals surface area (Å²) in [6.45, 7) is 3.13. The van der Waals surface area contributed by atoms with Crippen LogP contribution in [-0.2, 0) is 0 Å². The monoisotopic (exact) mass is 453 g/mol. The van der Waals surface area contributed by atoms with Crippen LogP contribution in [-0.4, -0.2) is 30.9 Å². The van der Waals surface area contributed by atoms with E-state index >= 15 is 0 Å². The second-order valence-electron chi connectivity index (χ2n) is 6.67. The summed E-state index contributed by atoms with van der Waals surface area (Å²) in [5.41, 5.74) is -0.883. The Kier molecular flexibility index (Phi) is 5.28. The summed E-state index contributed by atoms with van der Waals surface area (Å²) < 4.78 is 6.13. The number of azo groups is 1. The predicted octanol–water partition coefficient (Wildman–Crippen LogP) is 3.68. The third-order valence-corrected chi connectivity index (χ3v) is 5.25. The van der Waals surface area contributed by atoms with Crippen LogP contribution in [0, 0.1) is 13.8 Å². The van der Waals surface area contributed by atoms with Crippen LogP contribution >= 0.6 is 11.3 Å². The Morgan fingerprint density at radius 1 is 1.22 bits per heavy atom. The van der Waals surface area contributed by atoms with Gasteiger partial charge in [-0.3, -0.25) is 9.89 Å². The molecule has 3 aromatic heterocycles. The topological polar surface area (TPSA) is 163 Å². The van der Waals surface area contributed by atoms with Crippen LogP contribution in [0.5, 0.6) is 5.75 Å². The molecule has 0 unspecified atom stereocenters. The molecule has 162 valence electrons. The van der Waals surface area contributed by atoms with E-state index in [0.29, 0.717) is 5.69 Å². The maximum Gasteiger partial charge on any atom is 0.349 e. The molecule has 4 aromatic rings. The number of nitrogens with one attached hydrogen (secondary N) is 1. The van der Waals surface area contributed by atoms with Crippen molar-refractivity contribution >= 4 is 28.7 Å². The highest BCUT2D eigenvalue weighted by Crippen LogP contribution is 2.29. The quantitative estimate of drug-likeness (QED) is 0.388. The first-order chi connectivity index (χ1) is 15.3. The van der Waals surface area contributed by atoms with Crippen molar-refractivity contribution in [3.8, 4) is 22.1 Å². The number of carbonyl (C=O) groups is 1. The minimum atomic E-state index is -1.16. The zero-order valence-corrected chi connectivity index (χ0v) is 17.5.